The van der Waals surface area contributed by atoms with Crippen molar-refractivity contribution in [1.29, 1.82) is 0 Å². The Kier molecular flexibility index (Phi) is 8.21. The van der Waals surface area contributed by atoms with Gasteiger partial charge >= 0.3 is 12.0 Å². The highest BCUT2D eigenvalue weighted by molar-refractivity contribution is 5.82. The van der Waals surface area contributed by atoms with Crippen LogP contribution in [0.2, 0.25) is 0 Å². The van der Waals surface area contributed by atoms with Crippen LogP contribution in [0, 0.1) is 12.3 Å². The second-order valence-electron chi connectivity index (χ2n) is 3.48. The van der Waals surface area contributed by atoms with Crippen molar-refractivity contribution in [2.45, 2.75) is 31.7 Å². The number of unbranched alkanes of at least 4 members (excludes halogenated alkanes) is 2. The molecule has 3 N–H and O–H groups in total. The van der Waals surface area contributed by atoms with Crippen LogP contribution in [0.1, 0.15) is 25.7 Å². The quantitative estimate of drug-likeness (QED) is 0.337. The third-order valence-electron chi connectivity index (χ3n) is 2.04. The highest BCUT2D eigenvalue weighted by Gasteiger charge is 2.17. The summed E-state index contributed by atoms with van der Waals surface area (Å²) in [5.41, 5.74) is 0. The number of amides is 2. The summed E-state index contributed by atoms with van der Waals surface area (Å²) in [6, 6.07) is -1.42. The minimum absolute atomic E-state index is 0.194. The molecule has 0 aromatic rings. The van der Waals surface area contributed by atoms with E-state index < -0.39 is 18.0 Å². The number of carboxylic acid groups (broad SMARTS) is 1. The summed E-state index contributed by atoms with van der Waals surface area (Å²) in [6.45, 7) is 3.91. The second kappa shape index (κ2) is 9.28. The molecule has 0 aromatic carbocycles. The molecule has 94 valence electrons. The molecule has 0 saturated carbocycles. The van der Waals surface area contributed by atoms with Crippen molar-refractivity contribution in [2.24, 2.45) is 0 Å². The maximum Gasteiger partial charge on any atom is 0.326 e. The number of aliphatic carboxylic acids is 1. The summed E-state index contributed by atoms with van der Waals surface area (Å²) in [7, 11) is 0. The molecule has 1 unspecified atom stereocenters. The zero-order chi connectivity index (χ0) is 13.1. The topological polar surface area (TPSA) is 78.4 Å². The molecular formula is C12H18N2O3. The third-order valence-corrected chi connectivity index (χ3v) is 2.04. The van der Waals surface area contributed by atoms with E-state index in [0.717, 1.165) is 12.8 Å². The average molecular weight is 238 g/mol. The minimum atomic E-state index is -1.08. The maximum atomic E-state index is 11.3. The van der Waals surface area contributed by atoms with Gasteiger partial charge in [0.15, 0.2) is 0 Å². The summed E-state index contributed by atoms with van der Waals surface area (Å²) in [6.07, 6.45) is 9.02. The fraction of sp³-hybridized carbons (Fsp3) is 0.500. The number of rotatable bonds is 8. The SMILES string of the molecule is C#CCCCCNC(=O)NC(CC=C)C(=O)O. The fourth-order valence-electron chi connectivity index (χ4n) is 1.15. The number of carbonyl (C=O) groups is 2. The Balaban J connectivity index is 3.79. The standard InChI is InChI=1S/C12H18N2O3/c1-3-5-6-7-9-13-12(17)14-10(8-4-2)11(15)16/h1,4,10H,2,5-9H2,(H,15,16)(H2,13,14,17). The van der Waals surface area contributed by atoms with E-state index in [4.69, 9.17) is 11.5 Å². The summed E-state index contributed by atoms with van der Waals surface area (Å²) in [5, 5.41) is 13.7. The number of nitrogens with one attached hydrogen (secondary N) is 2. The predicted octanol–water partition coefficient (Wildman–Crippen LogP) is 1.12. The molecule has 0 spiro atoms. The van der Waals surface area contributed by atoms with Crippen molar-refractivity contribution >= 4 is 12.0 Å². The lowest BCUT2D eigenvalue weighted by molar-refractivity contribution is -0.139. The average Bonchev–Trinajstić information content (AvgIpc) is 2.28. The number of urea groups is 1. The normalized spacial score (nSPS) is 11.0. The Morgan fingerprint density at radius 3 is 2.71 bits per heavy atom. The first-order chi connectivity index (χ1) is 8.11. The van der Waals surface area contributed by atoms with Gasteiger partial charge in [-0.2, -0.15) is 0 Å². The molecule has 0 saturated heterocycles. The number of terminal acetylenes is 1. The van der Waals surface area contributed by atoms with E-state index in [2.05, 4.69) is 23.1 Å². The van der Waals surface area contributed by atoms with Gasteiger partial charge in [0.1, 0.15) is 6.04 Å². The van der Waals surface area contributed by atoms with Crippen molar-refractivity contribution in [2.75, 3.05) is 6.54 Å². The molecule has 5 heteroatoms. The van der Waals surface area contributed by atoms with Gasteiger partial charge in [0.2, 0.25) is 0 Å². The molecule has 0 aliphatic heterocycles. The van der Waals surface area contributed by atoms with Crippen molar-refractivity contribution in [1.82, 2.24) is 10.6 Å². The van der Waals surface area contributed by atoms with Gasteiger partial charge in [-0.25, -0.2) is 9.59 Å². The smallest absolute Gasteiger partial charge is 0.326 e. The van der Waals surface area contributed by atoms with Crippen LogP contribution in [-0.2, 0) is 4.79 Å². The lowest BCUT2D eigenvalue weighted by Crippen LogP contribution is -2.45. The molecule has 0 radical (unpaired) electrons. The minimum Gasteiger partial charge on any atom is -0.480 e. The monoisotopic (exact) mass is 238 g/mol. The van der Waals surface area contributed by atoms with E-state index in [1.54, 1.807) is 0 Å². The molecule has 0 aromatic heterocycles. The molecule has 1 atom stereocenters. The fourth-order valence-corrected chi connectivity index (χ4v) is 1.15. The van der Waals surface area contributed by atoms with Crippen LogP contribution >= 0.6 is 0 Å². The molecule has 2 amide bonds. The Bertz CT molecular complexity index is 307. The summed E-state index contributed by atoms with van der Waals surface area (Å²) >= 11 is 0. The molecule has 0 rings (SSSR count). The van der Waals surface area contributed by atoms with E-state index in [1.165, 1.54) is 6.08 Å². The Labute approximate surface area is 101 Å². The largest absolute Gasteiger partial charge is 0.480 e. The van der Waals surface area contributed by atoms with Crippen LogP contribution in [0.4, 0.5) is 4.79 Å². The second-order valence-corrected chi connectivity index (χ2v) is 3.48. The van der Waals surface area contributed by atoms with Crippen LogP contribution in [0.15, 0.2) is 12.7 Å². The number of carbonyl (C=O) groups excluding carboxylic acids is 1. The van der Waals surface area contributed by atoms with Gasteiger partial charge < -0.3 is 15.7 Å². The van der Waals surface area contributed by atoms with Gasteiger partial charge in [0.25, 0.3) is 0 Å². The summed E-state index contributed by atoms with van der Waals surface area (Å²) in [4.78, 5) is 22.0. The van der Waals surface area contributed by atoms with Gasteiger partial charge in [0, 0.05) is 13.0 Å². The van der Waals surface area contributed by atoms with E-state index >= 15 is 0 Å². The van der Waals surface area contributed by atoms with Crippen molar-refractivity contribution < 1.29 is 14.7 Å². The molecule has 0 bridgehead atoms. The Morgan fingerprint density at radius 1 is 1.47 bits per heavy atom. The zero-order valence-corrected chi connectivity index (χ0v) is 9.74. The van der Waals surface area contributed by atoms with E-state index in [-0.39, 0.29) is 6.42 Å². The van der Waals surface area contributed by atoms with Gasteiger partial charge in [0.05, 0.1) is 0 Å². The van der Waals surface area contributed by atoms with Crippen LogP contribution in [-0.4, -0.2) is 29.7 Å². The molecule has 5 nitrogen and oxygen atoms in total. The van der Waals surface area contributed by atoms with E-state index in [0.29, 0.717) is 13.0 Å². The van der Waals surface area contributed by atoms with Gasteiger partial charge in [-0.15, -0.1) is 18.9 Å². The molecule has 17 heavy (non-hydrogen) atoms. The molecule has 0 heterocycles. The molecule has 0 aliphatic carbocycles. The highest BCUT2D eigenvalue weighted by Crippen LogP contribution is 1.94. The first-order valence-electron chi connectivity index (χ1n) is 5.43. The third kappa shape index (κ3) is 7.91. The summed E-state index contributed by atoms with van der Waals surface area (Å²) in [5.74, 6) is 1.43. The first-order valence-corrected chi connectivity index (χ1v) is 5.43. The lowest BCUT2D eigenvalue weighted by Gasteiger charge is -2.13. The molecule has 0 aliphatic rings. The number of carboxylic acids is 1. The summed E-state index contributed by atoms with van der Waals surface area (Å²) < 4.78 is 0. The molecular weight excluding hydrogens is 220 g/mol. The predicted molar refractivity (Wildman–Crippen MR) is 65.5 cm³/mol. The number of hydrogen-bond acceptors (Lipinski definition) is 2. The van der Waals surface area contributed by atoms with Crippen molar-refractivity contribution in [3.8, 4) is 12.3 Å². The van der Waals surface area contributed by atoms with E-state index in [1.807, 2.05) is 0 Å². The first kappa shape index (κ1) is 15.0. The lowest BCUT2D eigenvalue weighted by atomic mass is 10.2. The van der Waals surface area contributed by atoms with Crippen LogP contribution < -0.4 is 10.6 Å². The van der Waals surface area contributed by atoms with Crippen LogP contribution in [0.25, 0.3) is 0 Å². The van der Waals surface area contributed by atoms with Crippen molar-refractivity contribution in [3.05, 3.63) is 12.7 Å². The Hall–Kier alpha value is -1.96. The van der Waals surface area contributed by atoms with Crippen LogP contribution in [0.5, 0.6) is 0 Å². The van der Waals surface area contributed by atoms with E-state index in [9.17, 15) is 9.59 Å². The Morgan fingerprint density at radius 2 is 2.18 bits per heavy atom. The van der Waals surface area contributed by atoms with Gasteiger partial charge in [-0.3, -0.25) is 0 Å². The van der Waals surface area contributed by atoms with Crippen molar-refractivity contribution in [3.63, 3.8) is 0 Å². The maximum absolute atomic E-state index is 11.3. The van der Waals surface area contributed by atoms with Gasteiger partial charge in [-0.1, -0.05) is 6.08 Å². The van der Waals surface area contributed by atoms with Gasteiger partial charge in [-0.05, 0) is 19.3 Å². The zero-order valence-electron chi connectivity index (χ0n) is 9.74. The number of hydrogen-bond donors (Lipinski definition) is 3. The van der Waals surface area contributed by atoms with Crippen LogP contribution in [0.3, 0.4) is 0 Å². The highest BCUT2D eigenvalue weighted by atomic mass is 16.4. The molecule has 0 fully saturated rings.